The van der Waals surface area contributed by atoms with Crippen molar-refractivity contribution in [1.29, 1.82) is 0 Å². The maximum atomic E-state index is 13.1. The lowest BCUT2D eigenvalue weighted by Crippen LogP contribution is -2.54. The second-order valence-electron chi connectivity index (χ2n) is 10.9. The average Bonchev–Trinajstić information content (AvgIpc) is 3.50. The summed E-state index contributed by atoms with van der Waals surface area (Å²) in [7, 11) is 0. The molecule has 5 rings (SSSR count). The minimum atomic E-state index is -1.07. The van der Waals surface area contributed by atoms with Gasteiger partial charge in [-0.05, 0) is 57.4 Å². The fourth-order valence-electron chi connectivity index (χ4n) is 4.92. The predicted octanol–water partition coefficient (Wildman–Crippen LogP) is 4.33. The first-order valence-corrected chi connectivity index (χ1v) is 15.0. The van der Waals surface area contributed by atoms with E-state index in [1.54, 1.807) is 0 Å². The second-order valence-corrected chi connectivity index (χ2v) is 11.9. The van der Waals surface area contributed by atoms with E-state index in [0.29, 0.717) is 35.2 Å². The summed E-state index contributed by atoms with van der Waals surface area (Å²) < 4.78 is 12.7. The van der Waals surface area contributed by atoms with Crippen molar-refractivity contribution in [2.24, 2.45) is 0 Å². The topological polar surface area (TPSA) is 156 Å². The fraction of sp³-hybridized carbons (Fsp3) is 0.400. The number of piperidine rings is 1. The minimum Gasteiger partial charge on any atom is -0.493 e. The maximum Gasteiger partial charge on any atom is 0.319 e. The highest BCUT2D eigenvalue weighted by Gasteiger charge is 2.44. The zero-order chi connectivity index (χ0) is 30.9. The first-order chi connectivity index (χ1) is 20.5. The van der Waals surface area contributed by atoms with Crippen LogP contribution in [-0.4, -0.2) is 58.8 Å². The van der Waals surface area contributed by atoms with Gasteiger partial charge in [0.2, 0.25) is 11.8 Å². The number of rotatable bonds is 10. The molecule has 0 saturated carbocycles. The molecule has 2 aliphatic rings. The summed E-state index contributed by atoms with van der Waals surface area (Å²) in [6.07, 6.45) is 1.80. The number of anilines is 1. The minimum absolute atomic E-state index is 0.0299. The van der Waals surface area contributed by atoms with E-state index >= 15 is 0 Å². The van der Waals surface area contributed by atoms with Gasteiger partial charge in [0.05, 0.1) is 34.6 Å². The van der Waals surface area contributed by atoms with Gasteiger partial charge in [-0.3, -0.25) is 29.4 Å². The van der Waals surface area contributed by atoms with Gasteiger partial charge < -0.3 is 20.1 Å². The number of benzene rings is 2. The molecule has 0 aliphatic carbocycles. The Labute approximate surface area is 252 Å². The van der Waals surface area contributed by atoms with Crippen LogP contribution in [0.1, 0.15) is 79.1 Å². The van der Waals surface area contributed by atoms with Crippen LogP contribution in [0.5, 0.6) is 11.5 Å². The molecule has 43 heavy (non-hydrogen) atoms. The second kappa shape index (κ2) is 12.0. The summed E-state index contributed by atoms with van der Waals surface area (Å²) in [5, 5.41) is 8.48. The number of fused-ring (bicyclic) bond motifs is 2. The number of imide groups is 2. The number of hydrogen-bond donors (Lipinski definition) is 3. The molecular formula is C30H33N5O7S. The molecule has 1 unspecified atom stereocenters. The molecule has 6 amide bonds. The third kappa shape index (κ3) is 6.03. The van der Waals surface area contributed by atoms with E-state index in [-0.39, 0.29) is 29.7 Å². The van der Waals surface area contributed by atoms with Crippen molar-refractivity contribution in [3.05, 3.63) is 46.5 Å². The number of nitrogens with zero attached hydrogens (tertiary/aromatic N) is 2. The Hall–Kier alpha value is -4.52. The molecule has 2 aliphatic heterocycles. The number of urea groups is 1. The highest BCUT2D eigenvalue weighted by molar-refractivity contribution is 7.18. The summed E-state index contributed by atoms with van der Waals surface area (Å²) >= 11 is 1.42. The van der Waals surface area contributed by atoms with Gasteiger partial charge in [0.25, 0.3) is 11.8 Å². The van der Waals surface area contributed by atoms with Crippen LogP contribution in [0.4, 0.5) is 10.5 Å². The molecule has 12 nitrogen and oxygen atoms in total. The molecule has 0 bridgehead atoms. The van der Waals surface area contributed by atoms with E-state index in [1.165, 1.54) is 29.5 Å². The maximum absolute atomic E-state index is 13.1. The number of carbonyl (C=O) groups is 5. The van der Waals surface area contributed by atoms with Crippen LogP contribution in [-0.2, 0) is 15.1 Å². The molecule has 3 aromatic rings. The molecule has 2 aromatic carbocycles. The van der Waals surface area contributed by atoms with E-state index in [0.717, 1.165) is 22.4 Å². The zero-order valence-corrected chi connectivity index (χ0v) is 25.2. The van der Waals surface area contributed by atoms with Crippen molar-refractivity contribution in [1.82, 2.24) is 20.5 Å². The van der Waals surface area contributed by atoms with E-state index in [1.807, 2.05) is 39.8 Å². The van der Waals surface area contributed by atoms with E-state index < -0.39 is 41.2 Å². The third-order valence-corrected chi connectivity index (χ3v) is 8.35. The standard InChI is InChI=1S/C30H33N5O7S/c1-5-11-41-17-14-21(42-12-6-2)24-22(15-17)43-28(33-24)30(3,4)34-29(40)31-16-7-8-18-19(13-16)27(39)35(26(18)38)20-9-10-23(36)32-25(20)37/h7-8,13-15,20H,5-6,9-12H2,1-4H3,(H2,31,34,40)(H,32,36,37). The lowest BCUT2D eigenvalue weighted by molar-refractivity contribution is -0.136. The molecule has 1 fully saturated rings. The Morgan fingerprint density at radius 2 is 1.77 bits per heavy atom. The smallest absolute Gasteiger partial charge is 0.319 e. The molecule has 13 heteroatoms. The first-order valence-electron chi connectivity index (χ1n) is 14.2. The van der Waals surface area contributed by atoms with Crippen molar-refractivity contribution in [2.75, 3.05) is 18.5 Å². The summed E-state index contributed by atoms with van der Waals surface area (Å²) in [5.41, 5.74) is 0.286. The van der Waals surface area contributed by atoms with Gasteiger partial charge >= 0.3 is 6.03 Å². The Kier molecular flexibility index (Phi) is 8.36. The van der Waals surface area contributed by atoms with Crippen LogP contribution in [0.2, 0.25) is 0 Å². The number of aromatic nitrogens is 1. The number of amides is 6. The molecule has 0 radical (unpaired) electrons. The molecule has 226 valence electrons. The average molecular weight is 608 g/mol. The molecule has 1 aromatic heterocycles. The lowest BCUT2D eigenvalue weighted by atomic mass is 10.0. The van der Waals surface area contributed by atoms with Crippen LogP contribution >= 0.6 is 11.3 Å². The largest absolute Gasteiger partial charge is 0.493 e. The number of carbonyl (C=O) groups excluding carboxylic acids is 5. The lowest BCUT2D eigenvalue weighted by Gasteiger charge is -2.27. The van der Waals surface area contributed by atoms with Crippen molar-refractivity contribution in [3.63, 3.8) is 0 Å². The fourth-order valence-corrected chi connectivity index (χ4v) is 5.99. The van der Waals surface area contributed by atoms with Gasteiger partial charge in [0.1, 0.15) is 28.1 Å². The van der Waals surface area contributed by atoms with E-state index in [4.69, 9.17) is 14.5 Å². The number of thiazole rings is 1. The van der Waals surface area contributed by atoms with Crippen LogP contribution in [0.3, 0.4) is 0 Å². The van der Waals surface area contributed by atoms with Gasteiger partial charge in [-0.1, -0.05) is 13.8 Å². The number of nitrogens with one attached hydrogen (secondary N) is 3. The monoisotopic (exact) mass is 607 g/mol. The molecule has 3 N–H and O–H groups in total. The number of ether oxygens (including phenoxy) is 2. The van der Waals surface area contributed by atoms with Crippen LogP contribution in [0, 0.1) is 0 Å². The van der Waals surface area contributed by atoms with E-state index in [2.05, 4.69) is 16.0 Å². The first kappa shape index (κ1) is 30.0. The molecule has 1 atom stereocenters. The summed E-state index contributed by atoms with van der Waals surface area (Å²) in [6.45, 7) is 8.82. The van der Waals surface area contributed by atoms with Gasteiger partial charge in [0.15, 0.2) is 0 Å². The highest BCUT2D eigenvalue weighted by Crippen LogP contribution is 2.38. The number of hydrogen-bond acceptors (Lipinski definition) is 9. The van der Waals surface area contributed by atoms with Crippen molar-refractivity contribution < 1.29 is 33.4 Å². The Bertz CT molecular complexity index is 1630. The SMILES string of the molecule is CCCOc1cc(OCCC)c2nc(C(C)(C)NC(=O)Nc3ccc4c(c3)C(=O)N(C3CCC(=O)NC3=O)C4=O)sc2c1. The quantitative estimate of drug-likeness (QED) is 0.288. The van der Waals surface area contributed by atoms with Crippen LogP contribution in [0.25, 0.3) is 10.2 Å². The van der Waals surface area contributed by atoms with Crippen molar-refractivity contribution in [2.45, 2.75) is 65.0 Å². The molecule has 1 saturated heterocycles. The van der Waals surface area contributed by atoms with Crippen LogP contribution in [0.15, 0.2) is 30.3 Å². The molecule has 0 spiro atoms. The normalized spacial score (nSPS) is 16.7. The zero-order valence-electron chi connectivity index (χ0n) is 24.4. The van der Waals surface area contributed by atoms with Crippen LogP contribution < -0.4 is 25.4 Å². The summed E-state index contributed by atoms with van der Waals surface area (Å²) in [6, 6.07) is 6.50. The van der Waals surface area contributed by atoms with Gasteiger partial charge in [-0.25, -0.2) is 9.78 Å². The van der Waals surface area contributed by atoms with Gasteiger partial charge in [-0.15, -0.1) is 11.3 Å². The summed E-state index contributed by atoms with van der Waals surface area (Å²) in [4.78, 5) is 68.7. The summed E-state index contributed by atoms with van der Waals surface area (Å²) in [5.74, 6) is -1.09. The Morgan fingerprint density at radius 1 is 1.05 bits per heavy atom. The molecule has 3 heterocycles. The van der Waals surface area contributed by atoms with Gasteiger partial charge in [0, 0.05) is 18.2 Å². The van der Waals surface area contributed by atoms with Gasteiger partial charge in [-0.2, -0.15) is 0 Å². The van der Waals surface area contributed by atoms with E-state index in [9.17, 15) is 24.0 Å². The molecular weight excluding hydrogens is 574 g/mol. The van der Waals surface area contributed by atoms with Crippen molar-refractivity contribution >= 4 is 56.9 Å². The van der Waals surface area contributed by atoms with Crippen molar-refractivity contribution in [3.8, 4) is 11.5 Å². The predicted molar refractivity (Wildman–Crippen MR) is 159 cm³/mol. The Morgan fingerprint density at radius 3 is 2.49 bits per heavy atom. The third-order valence-electron chi connectivity index (χ3n) is 7.03. The highest BCUT2D eigenvalue weighted by atomic mass is 32.1. The Balaban J connectivity index is 1.31.